The lowest BCUT2D eigenvalue weighted by Crippen LogP contribution is -2.30. The summed E-state index contributed by atoms with van der Waals surface area (Å²) in [7, 11) is -9.93. The highest BCUT2D eigenvalue weighted by Crippen LogP contribution is 2.45. The van der Waals surface area contributed by atoms with Crippen LogP contribution in [0.15, 0.2) is 0 Å². The molecule has 0 saturated heterocycles. The number of ether oxygens (including phenoxy) is 4. The lowest BCUT2D eigenvalue weighted by atomic mass is 10.0. The number of phosphoric acid groups is 2. The largest absolute Gasteiger partial charge is 0.472 e. The second-order valence-corrected chi connectivity index (χ2v) is 35.1. The van der Waals surface area contributed by atoms with Crippen LogP contribution in [0.5, 0.6) is 0 Å². The van der Waals surface area contributed by atoms with Crippen molar-refractivity contribution < 1.29 is 80.2 Å². The Morgan fingerprint density at radius 3 is 0.642 bits per heavy atom. The SMILES string of the molecule is CCCCCCCCCCCCCCCCCCCC(=O)O[C@H](COC(=O)CCCCCCCCCCCCC)COP(=O)(O)OC[C@H](O)COP(=O)(O)OC[C@@H](COC(=O)CCCCCCCCCCCCCCCCC(C)C)OC(=O)CCCCCCCCCCCCCCCCCCCCC(C)C. The molecule has 0 aromatic rings. The van der Waals surface area contributed by atoms with Gasteiger partial charge in [0.25, 0.3) is 0 Å². The Hall–Kier alpha value is -1.94. The molecule has 0 saturated carbocycles. The molecule has 0 aromatic carbocycles. The molecular weight excluding hydrogens is 1380 g/mol. The molecule has 630 valence electrons. The Bertz CT molecular complexity index is 2030. The highest BCUT2D eigenvalue weighted by Gasteiger charge is 2.30. The van der Waals surface area contributed by atoms with Gasteiger partial charge in [-0.1, -0.05) is 414 Å². The van der Waals surface area contributed by atoms with Gasteiger partial charge in [-0.3, -0.25) is 37.3 Å². The Labute approximate surface area is 651 Å². The number of carbonyl (C=O) groups is 4. The van der Waals surface area contributed by atoms with Crippen molar-refractivity contribution in [3.05, 3.63) is 0 Å². The van der Waals surface area contributed by atoms with Crippen molar-refractivity contribution in [2.45, 2.75) is 484 Å². The van der Waals surface area contributed by atoms with Gasteiger partial charge in [0.15, 0.2) is 12.2 Å². The van der Waals surface area contributed by atoms with Crippen LogP contribution >= 0.6 is 15.6 Å². The lowest BCUT2D eigenvalue weighted by molar-refractivity contribution is -0.161. The third-order valence-corrected chi connectivity index (χ3v) is 22.4. The Morgan fingerprint density at radius 1 is 0.255 bits per heavy atom. The Kier molecular flexibility index (Phi) is 76.9. The molecule has 0 aliphatic heterocycles. The molecule has 19 heteroatoms. The van der Waals surface area contributed by atoms with Crippen LogP contribution in [0.4, 0.5) is 0 Å². The predicted octanol–water partition coefficient (Wildman–Crippen LogP) is 26.6. The maximum atomic E-state index is 13.2. The molecule has 2 unspecified atom stereocenters. The molecule has 0 fully saturated rings. The average molecular weight is 1550 g/mol. The van der Waals surface area contributed by atoms with E-state index in [4.69, 9.17) is 37.0 Å². The highest BCUT2D eigenvalue weighted by atomic mass is 31.2. The molecule has 0 heterocycles. The average Bonchev–Trinajstić information content (AvgIpc) is 1.03. The molecule has 0 bridgehead atoms. The fourth-order valence-electron chi connectivity index (χ4n) is 13.6. The van der Waals surface area contributed by atoms with Gasteiger partial charge in [-0.25, -0.2) is 9.13 Å². The molecule has 0 rings (SSSR count). The summed E-state index contributed by atoms with van der Waals surface area (Å²) in [4.78, 5) is 73.3. The van der Waals surface area contributed by atoms with E-state index >= 15 is 0 Å². The molecule has 106 heavy (non-hydrogen) atoms. The van der Waals surface area contributed by atoms with Crippen LogP contribution in [0.2, 0.25) is 0 Å². The van der Waals surface area contributed by atoms with Gasteiger partial charge in [0.2, 0.25) is 0 Å². The normalized spacial score (nSPS) is 13.8. The number of carbonyl (C=O) groups excluding carboxylic acids is 4. The fraction of sp³-hybridized carbons (Fsp3) is 0.954. The Balaban J connectivity index is 5.24. The van der Waals surface area contributed by atoms with Crippen molar-refractivity contribution in [1.29, 1.82) is 0 Å². The Morgan fingerprint density at radius 2 is 0.434 bits per heavy atom. The van der Waals surface area contributed by atoms with Gasteiger partial charge in [0.1, 0.15) is 19.3 Å². The number of hydrogen-bond acceptors (Lipinski definition) is 15. The van der Waals surface area contributed by atoms with E-state index in [1.807, 2.05) is 0 Å². The summed E-state index contributed by atoms with van der Waals surface area (Å²) in [6, 6.07) is 0. The maximum absolute atomic E-state index is 13.2. The van der Waals surface area contributed by atoms with Gasteiger partial charge < -0.3 is 33.8 Å². The zero-order chi connectivity index (χ0) is 77.8. The molecule has 0 aromatic heterocycles. The highest BCUT2D eigenvalue weighted by molar-refractivity contribution is 7.47. The number of hydrogen-bond donors (Lipinski definition) is 3. The van der Waals surface area contributed by atoms with Crippen molar-refractivity contribution in [3.8, 4) is 0 Å². The van der Waals surface area contributed by atoms with E-state index in [0.717, 1.165) is 102 Å². The van der Waals surface area contributed by atoms with Crippen LogP contribution in [-0.2, 0) is 65.4 Å². The minimum Gasteiger partial charge on any atom is -0.462 e. The summed E-state index contributed by atoms with van der Waals surface area (Å²) in [5.41, 5.74) is 0. The van der Waals surface area contributed by atoms with E-state index in [2.05, 4.69) is 41.5 Å². The molecule has 0 amide bonds. The molecule has 0 spiro atoms. The van der Waals surface area contributed by atoms with E-state index in [1.54, 1.807) is 0 Å². The van der Waals surface area contributed by atoms with E-state index in [9.17, 15) is 43.2 Å². The van der Waals surface area contributed by atoms with Crippen LogP contribution in [0.3, 0.4) is 0 Å². The number of aliphatic hydroxyl groups excluding tert-OH is 1. The van der Waals surface area contributed by atoms with Crippen LogP contribution in [-0.4, -0.2) is 96.7 Å². The molecule has 3 N–H and O–H groups in total. The van der Waals surface area contributed by atoms with Gasteiger partial charge in [0, 0.05) is 25.7 Å². The molecular formula is C87H170O17P2. The smallest absolute Gasteiger partial charge is 0.462 e. The van der Waals surface area contributed by atoms with Crippen LogP contribution in [0, 0.1) is 11.8 Å². The summed E-state index contributed by atoms with van der Waals surface area (Å²) in [5.74, 6) is -0.479. The number of unbranched alkanes of at least 4 members (excludes halogenated alkanes) is 56. The summed E-state index contributed by atoms with van der Waals surface area (Å²) in [6.07, 6.45) is 70.7. The van der Waals surface area contributed by atoms with Gasteiger partial charge in [-0.05, 0) is 37.5 Å². The third-order valence-electron chi connectivity index (χ3n) is 20.5. The molecule has 0 aliphatic carbocycles. The summed E-state index contributed by atoms with van der Waals surface area (Å²) < 4.78 is 68.9. The van der Waals surface area contributed by atoms with Gasteiger partial charge in [-0.2, -0.15) is 0 Å². The molecule has 0 radical (unpaired) electrons. The van der Waals surface area contributed by atoms with Crippen molar-refractivity contribution in [1.82, 2.24) is 0 Å². The maximum Gasteiger partial charge on any atom is 0.472 e. The van der Waals surface area contributed by atoms with Gasteiger partial charge >= 0.3 is 39.5 Å². The zero-order valence-electron chi connectivity index (χ0n) is 69.7. The number of phosphoric ester groups is 2. The fourth-order valence-corrected chi connectivity index (χ4v) is 15.2. The van der Waals surface area contributed by atoms with Crippen molar-refractivity contribution >= 4 is 39.5 Å². The molecule has 17 nitrogen and oxygen atoms in total. The second kappa shape index (κ2) is 78.3. The number of rotatable bonds is 86. The van der Waals surface area contributed by atoms with Crippen LogP contribution < -0.4 is 0 Å². The van der Waals surface area contributed by atoms with Crippen molar-refractivity contribution in [3.63, 3.8) is 0 Å². The van der Waals surface area contributed by atoms with Gasteiger partial charge in [0.05, 0.1) is 26.4 Å². The van der Waals surface area contributed by atoms with E-state index < -0.39 is 97.5 Å². The van der Waals surface area contributed by atoms with E-state index in [-0.39, 0.29) is 25.7 Å². The summed E-state index contributed by atoms with van der Waals surface area (Å²) >= 11 is 0. The first kappa shape index (κ1) is 104. The summed E-state index contributed by atoms with van der Waals surface area (Å²) in [6.45, 7) is 9.74. The monoisotopic (exact) mass is 1550 g/mol. The zero-order valence-corrected chi connectivity index (χ0v) is 71.5. The van der Waals surface area contributed by atoms with Crippen LogP contribution in [0.25, 0.3) is 0 Å². The predicted molar refractivity (Wildman–Crippen MR) is 437 cm³/mol. The standard InChI is InChI=1S/C87H170O17P2/c1-7-9-11-13-15-17-19-20-21-24-28-35-41-47-53-59-65-71-86(91)103-82(75-97-84(89)69-63-57-51-45-37-18-16-14-12-10-8-2)77-101-105(93,94)99-73-81(88)74-100-106(95,96)102-78-83(76-98-85(90)70-64-58-52-46-40-34-31-30-33-39-44-50-56-62-68-80(5)6)104-87(92)72-66-60-54-48-42-36-29-26-23-22-25-27-32-38-43-49-55-61-67-79(3)4/h79-83,88H,7-78H2,1-6H3,(H,93,94)(H,95,96)/t81-,82+,83+/m0/s1. The first-order valence-electron chi connectivity index (χ1n) is 45.0. The molecule has 0 aliphatic rings. The number of aliphatic hydroxyl groups is 1. The lowest BCUT2D eigenvalue weighted by Gasteiger charge is -2.21. The van der Waals surface area contributed by atoms with E-state index in [0.29, 0.717) is 25.7 Å². The van der Waals surface area contributed by atoms with Crippen molar-refractivity contribution in [2.75, 3.05) is 39.6 Å². The number of esters is 4. The first-order valence-corrected chi connectivity index (χ1v) is 48.0. The quantitative estimate of drug-likeness (QED) is 0.0222. The third kappa shape index (κ3) is 80.1. The second-order valence-electron chi connectivity index (χ2n) is 32.2. The topological polar surface area (TPSA) is 237 Å². The minimum absolute atomic E-state index is 0.109. The summed E-state index contributed by atoms with van der Waals surface area (Å²) in [5, 5.41) is 10.7. The van der Waals surface area contributed by atoms with Gasteiger partial charge in [-0.15, -0.1) is 0 Å². The van der Waals surface area contributed by atoms with E-state index in [1.165, 1.54) is 283 Å². The van der Waals surface area contributed by atoms with Crippen molar-refractivity contribution in [2.24, 2.45) is 11.8 Å². The van der Waals surface area contributed by atoms with Crippen LogP contribution in [0.1, 0.15) is 465 Å². The molecule has 5 atom stereocenters. The first-order chi connectivity index (χ1) is 51.4. The minimum atomic E-state index is -4.97.